The van der Waals surface area contributed by atoms with E-state index in [9.17, 15) is 14.9 Å². The molecule has 0 amide bonds. The van der Waals surface area contributed by atoms with Crippen molar-refractivity contribution in [3.63, 3.8) is 0 Å². The smallest absolute Gasteiger partial charge is 0.380 e. The van der Waals surface area contributed by atoms with Crippen LogP contribution in [-0.4, -0.2) is 44.3 Å². The number of allylic oxidation sites excluding steroid dienone is 2. The van der Waals surface area contributed by atoms with E-state index in [0.717, 1.165) is 35.7 Å². The Balaban J connectivity index is 1.52. The van der Waals surface area contributed by atoms with E-state index in [4.69, 9.17) is 4.74 Å². The monoisotopic (exact) mass is 647 g/mol. The Morgan fingerprint density at radius 1 is 0.773 bits per heavy atom. The number of fused-ring (bicyclic) bond motifs is 8. The molecule has 5 nitrogen and oxygen atoms in total. The first-order valence-corrected chi connectivity index (χ1v) is 14.9. The second-order valence-electron chi connectivity index (χ2n) is 11.0. The lowest BCUT2D eigenvalue weighted by Crippen LogP contribution is -2.57. The van der Waals surface area contributed by atoms with Crippen molar-refractivity contribution in [1.82, 2.24) is 0 Å². The molecule has 1 fully saturated rings. The van der Waals surface area contributed by atoms with Gasteiger partial charge < -0.3 is 4.74 Å². The summed E-state index contributed by atoms with van der Waals surface area (Å²) in [5, 5.41) is 11.1. The van der Waals surface area contributed by atoms with Gasteiger partial charge in [-0.15, -0.1) is 23.5 Å². The molecule has 0 saturated heterocycles. The third-order valence-corrected chi connectivity index (χ3v) is 12.3. The summed E-state index contributed by atoms with van der Waals surface area (Å²) < 4.78 is 96.9. The highest BCUT2D eigenvalue weighted by atomic mass is 32.2. The average molecular weight is 648 g/mol. The normalized spacial score (nSPS) is 27.2. The minimum atomic E-state index is -5.75. The molecule has 0 bridgehead atoms. The zero-order chi connectivity index (χ0) is 31.6. The lowest BCUT2D eigenvalue weighted by Gasteiger charge is -2.51. The van der Waals surface area contributed by atoms with E-state index < -0.39 is 61.0 Å². The maximum Gasteiger partial charge on any atom is 0.380 e. The van der Waals surface area contributed by atoms with Gasteiger partial charge in [-0.3, -0.25) is 10.1 Å². The van der Waals surface area contributed by atoms with E-state index in [1.807, 2.05) is 0 Å². The molecule has 2 heterocycles. The highest BCUT2D eigenvalue weighted by molar-refractivity contribution is 8.06. The van der Waals surface area contributed by atoms with Crippen molar-refractivity contribution in [2.24, 2.45) is 0 Å². The van der Waals surface area contributed by atoms with E-state index in [2.05, 4.69) is 0 Å². The first-order valence-electron chi connectivity index (χ1n) is 13.3. The van der Waals surface area contributed by atoms with Crippen LogP contribution in [0.2, 0.25) is 0 Å². The van der Waals surface area contributed by atoms with Crippen LogP contribution in [0.15, 0.2) is 93.7 Å². The number of hydrogen-bond donors (Lipinski definition) is 0. The summed E-state index contributed by atoms with van der Waals surface area (Å²) in [4.78, 5) is 24.6. The summed E-state index contributed by atoms with van der Waals surface area (Å²) in [6.45, 7) is 2.96. The number of thioether (sulfide) groups is 2. The van der Waals surface area contributed by atoms with Crippen LogP contribution >= 0.6 is 23.5 Å². The quantitative estimate of drug-likeness (QED) is 0.122. The van der Waals surface area contributed by atoms with Crippen LogP contribution in [0.4, 0.5) is 32.0 Å². The molecule has 0 radical (unpaired) electrons. The number of ether oxygens (including phenoxy) is 1. The standard InChI is InChI=1S/C31H19F6NO4S2/c1-15(42-26(39)16-11-13-17(14-12-16)38(40)41)28-23(19-8-4-6-10-21(19)44-28)25-24(29(32,33)31(36,37)30(25,34)35)22-18-7-3-5-9-20(18)43-27(22,28)2/h3-15H,1-2H3/t15-,27+,28+/m0/s1. The number of hydrogen-bond acceptors (Lipinski definition) is 6. The third kappa shape index (κ3) is 3.29. The zero-order valence-electron chi connectivity index (χ0n) is 22.7. The van der Waals surface area contributed by atoms with Crippen molar-refractivity contribution in [2.45, 2.75) is 57.0 Å². The van der Waals surface area contributed by atoms with Crippen LogP contribution in [0, 0.1) is 10.1 Å². The fourth-order valence-corrected chi connectivity index (χ4v) is 10.3. The SMILES string of the molecule is C[C@H](OC(=O)c1ccc([N+](=O)[O-])cc1)[C@@]12Sc3ccccc3C1=C1C(=C3c4ccccc4S[C@]32C)C(F)(F)C(F)(F)C1(F)F. The molecule has 4 aliphatic rings. The first-order chi connectivity index (χ1) is 20.6. The lowest BCUT2D eigenvalue weighted by molar-refractivity contribution is -0.384. The Morgan fingerprint density at radius 2 is 1.27 bits per heavy atom. The van der Waals surface area contributed by atoms with Crippen LogP contribution in [0.1, 0.15) is 35.3 Å². The summed E-state index contributed by atoms with van der Waals surface area (Å²) in [6, 6.07) is 16.8. The summed E-state index contributed by atoms with van der Waals surface area (Å²) in [5.41, 5.74) is -3.79. The predicted octanol–water partition coefficient (Wildman–Crippen LogP) is 8.69. The molecule has 0 N–H and O–H groups in total. The molecule has 0 unspecified atom stereocenters. The van der Waals surface area contributed by atoms with Crippen molar-refractivity contribution in [3.8, 4) is 0 Å². The van der Waals surface area contributed by atoms with Gasteiger partial charge in [0.15, 0.2) is 0 Å². The summed E-state index contributed by atoms with van der Waals surface area (Å²) in [6.07, 6.45) is -1.35. The van der Waals surface area contributed by atoms with Gasteiger partial charge in [-0.05, 0) is 60.4 Å². The number of nitrogens with zero attached hydrogens (tertiary/aromatic N) is 1. The molecule has 2 aliphatic heterocycles. The van der Waals surface area contributed by atoms with Gasteiger partial charge in [0.1, 0.15) is 10.9 Å². The molecule has 0 aromatic heterocycles. The van der Waals surface area contributed by atoms with E-state index in [1.165, 1.54) is 50.2 Å². The highest BCUT2D eigenvalue weighted by Crippen LogP contribution is 2.79. The fourth-order valence-electron chi connectivity index (χ4n) is 6.86. The second kappa shape index (κ2) is 8.94. The van der Waals surface area contributed by atoms with E-state index in [-0.39, 0.29) is 28.0 Å². The molecule has 7 rings (SSSR count). The van der Waals surface area contributed by atoms with Gasteiger partial charge in [0, 0.05) is 33.1 Å². The number of non-ortho nitro benzene ring substituents is 1. The molecule has 13 heteroatoms. The highest BCUT2D eigenvalue weighted by Gasteiger charge is 2.85. The van der Waals surface area contributed by atoms with Gasteiger partial charge in [-0.1, -0.05) is 36.4 Å². The Hall–Kier alpha value is -3.71. The minimum Gasteiger partial charge on any atom is -0.457 e. The van der Waals surface area contributed by atoms with Crippen LogP contribution in [0.5, 0.6) is 0 Å². The zero-order valence-corrected chi connectivity index (χ0v) is 24.3. The molecule has 3 atom stereocenters. The van der Waals surface area contributed by atoms with Gasteiger partial charge in [-0.2, -0.15) is 26.3 Å². The molecule has 2 aliphatic carbocycles. The Kier molecular flexibility index (Phi) is 5.89. The van der Waals surface area contributed by atoms with E-state index >= 15 is 26.3 Å². The Morgan fingerprint density at radius 3 is 1.84 bits per heavy atom. The number of nitro groups is 1. The third-order valence-electron chi connectivity index (χ3n) is 8.79. The van der Waals surface area contributed by atoms with E-state index in [0.29, 0.717) is 9.79 Å². The Labute approximate surface area is 254 Å². The van der Waals surface area contributed by atoms with Crippen molar-refractivity contribution in [1.29, 1.82) is 0 Å². The molecule has 1 saturated carbocycles. The second-order valence-corrected chi connectivity index (χ2v) is 13.8. The molecule has 44 heavy (non-hydrogen) atoms. The number of rotatable bonds is 4. The maximum absolute atomic E-state index is 16.0. The van der Waals surface area contributed by atoms with Crippen LogP contribution in [-0.2, 0) is 4.74 Å². The number of carbonyl (C=O) groups is 1. The summed E-state index contributed by atoms with van der Waals surface area (Å²) in [7, 11) is 0. The summed E-state index contributed by atoms with van der Waals surface area (Å²) >= 11 is 2.08. The van der Waals surface area contributed by atoms with Crippen molar-refractivity contribution < 1.29 is 40.8 Å². The maximum atomic E-state index is 16.0. The largest absolute Gasteiger partial charge is 0.457 e. The number of alkyl halides is 6. The molecule has 0 spiro atoms. The van der Waals surface area contributed by atoms with Gasteiger partial charge >= 0.3 is 23.7 Å². The van der Waals surface area contributed by atoms with Gasteiger partial charge in [0.2, 0.25) is 0 Å². The molecular weight excluding hydrogens is 628 g/mol. The first kappa shape index (κ1) is 29.0. The van der Waals surface area contributed by atoms with Crippen LogP contribution < -0.4 is 0 Å². The number of nitro benzene ring substituents is 1. The number of benzene rings is 3. The molecule has 226 valence electrons. The van der Waals surface area contributed by atoms with Crippen LogP contribution in [0.25, 0.3) is 11.1 Å². The van der Waals surface area contributed by atoms with Crippen molar-refractivity contribution in [3.05, 3.63) is 111 Å². The lowest BCUT2D eigenvalue weighted by atomic mass is 9.65. The van der Waals surface area contributed by atoms with Gasteiger partial charge in [0.25, 0.3) is 5.69 Å². The number of carbonyl (C=O) groups excluding carboxylic acids is 1. The average Bonchev–Trinajstić information content (AvgIpc) is 3.52. The van der Waals surface area contributed by atoms with Gasteiger partial charge in [0.05, 0.1) is 15.2 Å². The number of halogens is 6. The molecule has 3 aromatic carbocycles. The van der Waals surface area contributed by atoms with Crippen LogP contribution in [0.3, 0.4) is 0 Å². The summed E-state index contributed by atoms with van der Waals surface area (Å²) in [5.74, 6) is -17.2. The Bertz CT molecular complexity index is 1870. The van der Waals surface area contributed by atoms with E-state index in [1.54, 1.807) is 24.3 Å². The molecule has 3 aromatic rings. The molecular formula is C31H19F6NO4S2. The minimum absolute atomic E-state index is 0.0771. The topological polar surface area (TPSA) is 69.4 Å². The van der Waals surface area contributed by atoms with Gasteiger partial charge in [-0.25, -0.2) is 4.79 Å². The van der Waals surface area contributed by atoms with Crippen molar-refractivity contribution in [2.75, 3.05) is 0 Å². The fraction of sp³-hybridized carbons (Fsp3) is 0.258. The number of esters is 1. The van der Waals surface area contributed by atoms with Crippen molar-refractivity contribution >= 4 is 46.3 Å². The predicted molar refractivity (Wildman–Crippen MR) is 152 cm³/mol.